The molecular weight excluding hydrogens is 200 g/mol. The summed E-state index contributed by atoms with van der Waals surface area (Å²) in [5.41, 5.74) is 2.14. The van der Waals surface area contributed by atoms with Gasteiger partial charge in [-0.1, -0.05) is 31.9 Å². The normalized spacial score (nSPS) is 10.4. The fraction of sp³-hybridized carbons (Fsp3) is 0.500. The fourth-order valence-corrected chi connectivity index (χ4v) is 1.81. The Labute approximate surface area is 97.3 Å². The average molecular weight is 220 g/mol. The fourth-order valence-electron chi connectivity index (χ4n) is 1.81. The Morgan fingerprint density at radius 1 is 1.19 bits per heavy atom. The lowest BCUT2D eigenvalue weighted by molar-refractivity contribution is 0.0976. The summed E-state index contributed by atoms with van der Waals surface area (Å²) in [4.78, 5) is 12.0. The first kappa shape index (κ1) is 12.8. The highest BCUT2D eigenvalue weighted by Gasteiger charge is 2.15. The highest BCUT2D eigenvalue weighted by Crippen LogP contribution is 2.26. The summed E-state index contributed by atoms with van der Waals surface area (Å²) < 4.78 is 0. The van der Waals surface area contributed by atoms with Crippen LogP contribution in [-0.4, -0.2) is 10.9 Å². The lowest BCUT2D eigenvalue weighted by Crippen LogP contribution is -2.03. The minimum Gasteiger partial charge on any atom is -0.507 e. The Balaban J connectivity index is 2.86. The molecule has 0 aliphatic heterocycles. The Hall–Kier alpha value is -1.31. The molecule has 0 aliphatic rings. The van der Waals surface area contributed by atoms with E-state index in [0.29, 0.717) is 12.0 Å². The zero-order valence-electron chi connectivity index (χ0n) is 10.3. The number of rotatable bonds is 5. The molecule has 0 amide bonds. The van der Waals surface area contributed by atoms with Crippen molar-refractivity contribution in [1.29, 1.82) is 0 Å². The standard InChI is InChI=1S/C14H20O2/c1-4-5-6-7-12(15)13-10(2)8-9-11(3)14(13)16/h8-9,16H,4-7H2,1-3H3. The van der Waals surface area contributed by atoms with E-state index >= 15 is 0 Å². The molecule has 0 bridgehead atoms. The molecule has 0 radical (unpaired) electrons. The van der Waals surface area contributed by atoms with Crippen molar-refractivity contribution in [3.8, 4) is 5.75 Å². The molecule has 0 aromatic heterocycles. The molecule has 0 unspecified atom stereocenters. The van der Waals surface area contributed by atoms with Crippen LogP contribution in [0.1, 0.15) is 54.1 Å². The highest BCUT2D eigenvalue weighted by atomic mass is 16.3. The van der Waals surface area contributed by atoms with Crippen molar-refractivity contribution in [2.45, 2.75) is 46.5 Å². The van der Waals surface area contributed by atoms with Crippen LogP contribution in [0.5, 0.6) is 5.75 Å². The van der Waals surface area contributed by atoms with Crippen molar-refractivity contribution < 1.29 is 9.90 Å². The highest BCUT2D eigenvalue weighted by molar-refractivity contribution is 6.00. The minimum absolute atomic E-state index is 0.0622. The summed E-state index contributed by atoms with van der Waals surface area (Å²) in [6.45, 7) is 5.80. The quantitative estimate of drug-likeness (QED) is 0.605. The molecule has 0 heterocycles. The van der Waals surface area contributed by atoms with Crippen LogP contribution in [0, 0.1) is 13.8 Å². The number of phenols is 1. The molecule has 0 fully saturated rings. The van der Waals surface area contributed by atoms with Gasteiger partial charge in [0.1, 0.15) is 5.75 Å². The molecule has 0 spiro atoms. The summed E-state index contributed by atoms with van der Waals surface area (Å²) >= 11 is 0. The first-order valence-corrected chi connectivity index (χ1v) is 5.90. The van der Waals surface area contributed by atoms with Gasteiger partial charge in [0.05, 0.1) is 5.56 Å². The number of aromatic hydroxyl groups is 1. The molecule has 1 rings (SSSR count). The van der Waals surface area contributed by atoms with E-state index in [2.05, 4.69) is 6.92 Å². The van der Waals surface area contributed by atoms with E-state index < -0.39 is 0 Å². The summed E-state index contributed by atoms with van der Waals surface area (Å²) in [6.07, 6.45) is 3.61. The maximum atomic E-state index is 12.0. The van der Waals surface area contributed by atoms with E-state index in [4.69, 9.17) is 0 Å². The van der Waals surface area contributed by atoms with E-state index in [-0.39, 0.29) is 11.5 Å². The number of Topliss-reactive ketones (excluding diaryl/α,β-unsaturated/α-hetero) is 1. The molecule has 2 heteroatoms. The first-order valence-electron chi connectivity index (χ1n) is 5.90. The number of carbonyl (C=O) groups excluding carboxylic acids is 1. The molecule has 0 atom stereocenters. The monoisotopic (exact) mass is 220 g/mol. The first-order chi connectivity index (χ1) is 7.57. The number of carbonyl (C=O) groups is 1. The Bertz CT molecular complexity index is 381. The third kappa shape index (κ3) is 2.84. The van der Waals surface area contributed by atoms with E-state index in [1.165, 1.54) is 0 Å². The average Bonchev–Trinajstić information content (AvgIpc) is 2.24. The summed E-state index contributed by atoms with van der Waals surface area (Å²) in [7, 11) is 0. The number of benzene rings is 1. The van der Waals surface area contributed by atoms with Gasteiger partial charge in [0.25, 0.3) is 0 Å². The van der Waals surface area contributed by atoms with Crippen LogP contribution in [0.25, 0.3) is 0 Å². The van der Waals surface area contributed by atoms with E-state index in [1.807, 2.05) is 26.0 Å². The van der Waals surface area contributed by atoms with Crippen LogP contribution < -0.4 is 0 Å². The van der Waals surface area contributed by atoms with Crippen molar-refractivity contribution in [3.05, 3.63) is 28.8 Å². The summed E-state index contributed by atoms with van der Waals surface area (Å²) in [5.74, 6) is 0.216. The second kappa shape index (κ2) is 5.69. The third-order valence-electron chi connectivity index (χ3n) is 2.87. The lowest BCUT2D eigenvalue weighted by atomic mass is 9.97. The zero-order valence-corrected chi connectivity index (χ0v) is 10.3. The molecule has 1 aromatic rings. The largest absolute Gasteiger partial charge is 0.507 e. The molecular formula is C14H20O2. The summed E-state index contributed by atoms with van der Waals surface area (Å²) in [6, 6.07) is 3.73. The van der Waals surface area contributed by atoms with Gasteiger partial charge in [-0.3, -0.25) is 4.79 Å². The van der Waals surface area contributed by atoms with Crippen LogP contribution in [0.2, 0.25) is 0 Å². The smallest absolute Gasteiger partial charge is 0.166 e. The number of phenolic OH excluding ortho intramolecular Hbond substituents is 1. The SMILES string of the molecule is CCCCCC(=O)c1c(C)ccc(C)c1O. The predicted octanol–water partition coefficient (Wildman–Crippen LogP) is 3.77. The topological polar surface area (TPSA) is 37.3 Å². The lowest BCUT2D eigenvalue weighted by Gasteiger charge is -2.09. The van der Waals surface area contributed by atoms with E-state index in [9.17, 15) is 9.90 Å². The van der Waals surface area contributed by atoms with Crippen LogP contribution in [0.4, 0.5) is 0 Å². The molecule has 16 heavy (non-hydrogen) atoms. The van der Waals surface area contributed by atoms with Gasteiger partial charge in [-0.15, -0.1) is 0 Å². The van der Waals surface area contributed by atoms with Gasteiger partial charge >= 0.3 is 0 Å². The van der Waals surface area contributed by atoms with Gasteiger partial charge in [-0.2, -0.15) is 0 Å². The van der Waals surface area contributed by atoms with Gasteiger partial charge in [-0.25, -0.2) is 0 Å². The third-order valence-corrected chi connectivity index (χ3v) is 2.87. The molecule has 0 saturated heterocycles. The van der Waals surface area contributed by atoms with Crippen LogP contribution in [0.3, 0.4) is 0 Å². The van der Waals surface area contributed by atoms with Crippen LogP contribution in [-0.2, 0) is 0 Å². The van der Waals surface area contributed by atoms with Gasteiger partial charge in [0.15, 0.2) is 5.78 Å². The van der Waals surface area contributed by atoms with E-state index in [1.54, 1.807) is 0 Å². The van der Waals surface area contributed by atoms with Gasteiger partial charge in [0, 0.05) is 6.42 Å². The predicted molar refractivity (Wildman–Crippen MR) is 66.1 cm³/mol. The Morgan fingerprint density at radius 3 is 2.44 bits per heavy atom. The molecule has 2 nitrogen and oxygen atoms in total. The number of unbranched alkanes of at least 4 members (excludes halogenated alkanes) is 2. The van der Waals surface area contributed by atoms with Gasteiger partial charge in [-0.05, 0) is 31.4 Å². The number of hydrogen-bond donors (Lipinski definition) is 1. The zero-order chi connectivity index (χ0) is 12.1. The van der Waals surface area contributed by atoms with Crippen molar-refractivity contribution >= 4 is 5.78 Å². The number of aryl methyl sites for hydroxylation is 2. The second-order valence-electron chi connectivity index (χ2n) is 4.30. The number of ketones is 1. The maximum Gasteiger partial charge on any atom is 0.166 e. The molecule has 0 aliphatic carbocycles. The summed E-state index contributed by atoms with van der Waals surface area (Å²) in [5, 5.41) is 9.88. The maximum absolute atomic E-state index is 12.0. The van der Waals surface area contributed by atoms with Crippen LogP contribution in [0.15, 0.2) is 12.1 Å². The molecule has 88 valence electrons. The Kier molecular flexibility index (Phi) is 4.53. The van der Waals surface area contributed by atoms with Crippen LogP contribution >= 0.6 is 0 Å². The van der Waals surface area contributed by atoms with Gasteiger partial charge < -0.3 is 5.11 Å². The van der Waals surface area contributed by atoms with Crippen molar-refractivity contribution in [2.24, 2.45) is 0 Å². The second-order valence-corrected chi connectivity index (χ2v) is 4.30. The Morgan fingerprint density at radius 2 is 1.81 bits per heavy atom. The van der Waals surface area contributed by atoms with Gasteiger partial charge in [0.2, 0.25) is 0 Å². The van der Waals surface area contributed by atoms with Crippen molar-refractivity contribution in [1.82, 2.24) is 0 Å². The van der Waals surface area contributed by atoms with Crippen molar-refractivity contribution in [3.63, 3.8) is 0 Å². The molecule has 1 aromatic carbocycles. The van der Waals surface area contributed by atoms with E-state index in [0.717, 1.165) is 30.4 Å². The number of hydrogen-bond acceptors (Lipinski definition) is 2. The minimum atomic E-state index is 0.0622. The molecule has 1 N–H and O–H groups in total. The van der Waals surface area contributed by atoms with Crippen molar-refractivity contribution in [2.75, 3.05) is 0 Å². The molecule has 0 saturated carbocycles.